The smallest absolute Gasteiger partial charge is 0.410 e. The van der Waals surface area contributed by atoms with Crippen molar-refractivity contribution < 1.29 is 28.9 Å². The molecular weight excluding hydrogens is 671 g/mol. The first-order chi connectivity index (χ1) is 22.0. The summed E-state index contributed by atoms with van der Waals surface area (Å²) < 4.78 is 16.8. The van der Waals surface area contributed by atoms with Gasteiger partial charge in [-0.15, -0.1) is 20.4 Å². The average Bonchev–Trinajstić information content (AvgIpc) is 3.40. The van der Waals surface area contributed by atoms with Crippen molar-refractivity contribution in [2.45, 2.75) is 140 Å². The Morgan fingerprint density at radius 1 is 0.660 bits per heavy atom. The second-order valence-electron chi connectivity index (χ2n) is 14.3. The van der Waals surface area contributed by atoms with Crippen LogP contribution in [0.3, 0.4) is 0 Å². The molecule has 260 valence electrons. The first kappa shape index (κ1) is 37.2. The van der Waals surface area contributed by atoms with E-state index in [0.29, 0.717) is 34.2 Å². The molecule has 2 aromatic heterocycles. The molecule has 1 N–H and O–H groups in total. The minimum Gasteiger partial charge on any atom is -0.473 e. The lowest BCUT2D eigenvalue weighted by Crippen LogP contribution is -2.50. The Labute approximate surface area is 291 Å². The number of halogens is 3. The minimum absolute atomic E-state index is 0.0432. The molecule has 0 radical (unpaired) electrons. The van der Waals surface area contributed by atoms with Gasteiger partial charge in [-0.3, -0.25) is 0 Å². The third kappa shape index (κ3) is 11.2. The Kier molecular flexibility index (Phi) is 12.4. The van der Waals surface area contributed by atoms with Crippen molar-refractivity contribution in [2.24, 2.45) is 0 Å². The second-order valence-corrected chi connectivity index (χ2v) is 15.4. The molecule has 4 aliphatic rings. The van der Waals surface area contributed by atoms with Gasteiger partial charge in [0.25, 0.3) is 0 Å². The molecule has 4 saturated heterocycles. The van der Waals surface area contributed by atoms with E-state index in [-0.39, 0.29) is 48.6 Å². The first-order valence-corrected chi connectivity index (χ1v) is 17.1. The third-order valence-corrected chi connectivity index (χ3v) is 8.71. The molecule has 6 heterocycles. The Hall–Kier alpha value is -2.67. The summed E-state index contributed by atoms with van der Waals surface area (Å²) in [6.45, 7) is 11.3. The van der Waals surface area contributed by atoms with Gasteiger partial charge in [0.05, 0.1) is 6.10 Å². The fourth-order valence-corrected chi connectivity index (χ4v) is 6.74. The normalized spacial score (nSPS) is 26.3. The number of piperidine rings is 2. The monoisotopic (exact) mass is 714 g/mol. The first-order valence-electron chi connectivity index (χ1n) is 16.0. The van der Waals surface area contributed by atoms with Gasteiger partial charge in [0, 0.05) is 43.1 Å². The van der Waals surface area contributed by atoms with Crippen LogP contribution >= 0.6 is 34.8 Å². The van der Waals surface area contributed by atoms with E-state index in [2.05, 4.69) is 20.4 Å². The number of ether oxygens (including phenoxy) is 3. The highest BCUT2D eigenvalue weighted by atomic mass is 35.5. The molecule has 6 atom stereocenters. The molecule has 12 nitrogen and oxygen atoms in total. The molecule has 2 aromatic rings. The number of aliphatic hydroxyl groups excluding tert-OH is 1. The van der Waals surface area contributed by atoms with Gasteiger partial charge in [0.15, 0.2) is 15.5 Å². The fraction of sp³-hybridized carbons (Fsp3) is 0.688. The Balaban J connectivity index is 0.000000180. The van der Waals surface area contributed by atoms with Crippen LogP contribution in [0.25, 0.3) is 0 Å². The van der Waals surface area contributed by atoms with Crippen molar-refractivity contribution in [1.29, 1.82) is 0 Å². The van der Waals surface area contributed by atoms with Gasteiger partial charge in [0.1, 0.15) is 17.3 Å². The Morgan fingerprint density at radius 2 is 1.02 bits per heavy atom. The maximum Gasteiger partial charge on any atom is 0.410 e. The number of hydrogen-bond donors (Lipinski definition) is 1. The fourth-order valence-electron chi connectivity index (χ4n) is 6.43. The van der Waals surface area contributed by atoms with Crippen LogP contribution in [0.1, 0.15) is 92.9 Å². The van der Waals surface area contributed by atoms with Gasteiger partial charge in [-0.2, -0.15) is 0 Å². The van der Waals surface area contributed by atoms with Crippen molar-refractivity contribution in [1.82, 2.24) is 30.2 Å². The van der Waals surface area contributed by atoms with Crippen molar-refractivity contribution in [3.05, 3.63) is 39.7 Å². The predicted octanol–water partition coefficient (Wildman–Crippen LogP) is 7.13. The maximum atomic E-state index is 12.4. The number of aliphatic hydroxyl groups is 1. The lowest BCUT2D eigenvalue weighted by molar-refractivity contribution is -0.0114. The largest absolute Gasteiger partial charge is 0.473 e. The van der Waals surface area contributed by atoms with Crippen LogP contribution in [0.4, 0.5) is 9.59 Å². The average molecular weight is 716 g/mol. The van der Waals surface area contributed by atoms with E-state index in [1.54, 1.807) is 24.3 Å². The Morgan fingerprint density at radius 3 is 1.36 bits per heavy atom. The number of aromatic nitrogens is 4. The molecule has 4 fully saturated rings. The summed E-state index contributed by atoms with van der Waals surface area (Å²) >= 11 is 16.5. The molecule has 47 heavy (non-hydrogen) atoms. The summed E-state index contributed by atoms with van der Waals surface area (Å²) in [6, 6.07) is 7.26. The summed E-state index contributed by atoms with van der Waals surface area (Å²) in [7, 11) is 0. The van der Waals surface area contributed by atoms with Gasteiger partial charge in [0.2, 0.25) is 5.88 Å². The zero-order valence-corrected chi connectivity index (χ0v) is 30.0. The number of hydrogen-bond acceptors (Lipinski definition) is 10. The number of nitrogens with zero attached hydrogens (tertiary/aromatic N) is 6. The lowest BCUT2D eigenvalue weighted by atomic mass is 10.0. The minimum atomic E-state index is -0.469. The molecule has 4 bridgehead atoms. The highest BCUT2D eigenvalue weighted by Crippen LogP contribution is 2.38. The molecule has 0 aromatic carbocycles. The van der Waals surface area contributed by atoms with Crippen LogP contribution in [-0.4, -0.2) is 95.1 Å². The highest BCUT2D eigenvalue weighted by Gasteiger charge is 2.46. The van der Waals surface area contributed by atoms with E-state index in [9.17, 15) is 14.7 Å². The lowest BCUT2D eigenvalue weighted by Gasteiger charge is -2.39. The quantitative estimate of drug-likeness (QED) is 0.342. The van der Waals surface area contributed by atoms with E-state index in [4.69, 9.17) is 49.0 Å². The SMILES string of the molecule is CC(C)(C)OC(=O)N1[C@@H]2CC[C@H]1CC(O)C2.CC(C)(C)OC(=O)N1[C@@H]2CC[C@H]1CC(Oc1ccc(Cl)nn1)C2.Clc1ccc(Cl)nn1. The van der Waals surface area contributed by atoms with Gasteiger partial charge in [-0.25, -0.2) is 9.59 Å². The predicted molar refractivity (Wildman–Crippen MR) is 178 cm³/mol. The zero-order chi connectivity index (χ0) is 34.5. The zero-order valence-electron chi connectivity index (χ0n) is 27.7. The number of fused-ring (bicyclic) bond motifs is 4. The summed E-state index contributed by atoms with van der Waals surface area (Å²) in [5.41, 5.74) is -0.907. The highest BCUT2D eigenvalue weighted by molar-refractivity contribution is 6.31. The third-order valence-electron chi connectivity index (χ3n) is 8.10. The van der Waals surface area contributed by atoms with Crippen LogP contribution in [0, 0.1) is 0 Å². The number of carbonyl (C=O) groups is 2. The standard InChI is InChI=1S/C16H22ClN3O3.C12H21NO3.C4H2Cl2N2/c1-16(2,3)23-15(21)20-10-4-5-11(20)9-12(8-10)22-14-7-6-13(17)18-19-14;1-12(2,3)16-11(15)13-8-4-5-9(13)7-10(14)6-8;5-3-1-2-4(6)8-7-3/h6-7,10-12H,4-5,8-9H2,1-3H3;8-10,14H,4-7H2,1-3H3;1-2H/t10-,11+,12?;8-,9+,10?;. The Bertz CT molecular complexity index is 1290. The summed E-state index contributed by atoms with van der Waals surface area (Å²) in [5, 5.41) is 25.3. The molecule has 2 unspecified atom stereocenters. The van der Waals surface area contributed by atoms with E-state index < -0.39 is 11.2 Å². The van der Waals surface area contributed by atoms with Crippen LogP contribution in [0.15, 0.2) is 24.3 Å². The topological polar surface area (TPSA) is 140 Å². The van der Waals surface area contributed by atoms with Crippen molar-refractivity contribution in [2.75, 3.05) is 0 Å². The molecule has 4 aliphatic heterocycles. The van der Waals surface area contributed by atoms with Crippen LogP contribution in [0.5, 0.6) is 5.88 Å². The molecule has 0 saturated carbocycles. The van der Waals surface area contributed by atoms with Gasteiger partial charge < -0.3 is 29.1 Å². The van der Waals surface area contributed by atoms with Crippen molar-refractivity contribution >= 4 is 47.0 Å². The van der Waals surface area contributed by atoms with Gasteiger partial charge in [-0.1, -0.05) is 34.8 Å². The van der Waals surface area contributed by atoms with Gasteiger partial charge in [-0.05, 0) is 98.3 Å². The van der Waals surface area contributed by atoms with Crippen LogP contribution in [-0.2, 0) is 9.47 Å². The van der Waals surface area contributed by atoms with E-state index in [1.165, 1.54) is 0 Å². The van der Waals surface area contributed by atoms with E-state index in [1.807, 2.05) is 51.3 Å². The van der Waals surface area contributed by atoms with Crippen molar-refractivity contribution in [3.63, 3.8) is 0 Å². The molecule has 15 heteroatoms. The molecule has 0 spiro atoms. The number of rotatable bonds is 2. The van der Waals surface area contributed by atoms with E-state index >= 15 is 0 Å². The van der Waals surface area contributed by atoms with Crippen LogP contribution in [0.2, 0.25) is 15.5 Å². The summed E-state index contributed by atoms with van der Waals surface area (Å²) in [5.74, 6) is 0.476. The molecule has 2 amide bonds. The molecule has 6 rings (SSSR count). The summed E-state index contributed by atoms with van der Waals surface area (Å²) in [6.07, 6.45) is 6.36. The maximum absolute atomic E-state index is 12.4. The van der Waals surface area contributed by atoms with Crippen molar-refractivity contribution in [3.8, 4) is 5.88 Å². The van der Waals surface area contributed by atoms with Gasteiger partial charge >= 0.3 is 12.2 Å². The van der Waals surface area contributed by atoms with Crippen LogP contribution < -0.4 is 4.74 Å². The molecule has 0 aliphatic carbocycles. The van der Waals surface area contributed by atoms with E-state index in [0.717, 1.165) is 38.5 Å². The summed E-state index contributed by atoms with van der Waals surface area (Å²) in [4.78, 5) is 28.2. The second kappa shape index (κ2) is 15.7. The number of amides is 2. The molecular formula is C32H45Cl3N6O6. The number of carbonyl (C=O) groups excluding carboxylic acids is 2.